The Morgan fingerprint density at radius 3 is 3.05 bits per heavy atom. The number of halogens is 1. The molecular weight excluding hydrogens is 312 g/mol. The van der Waals surface area contributed by atoms with Crippen molar-refractivity contribution in [3.63, 3.8) is 0 Å². The van der Waals surface area contributed by atoms with Gasteiger partial charge in [-0.1, -0.05) is 15.9 Å². The molecule has 2 heterocycles. The topological polar surface area (TPSA) is 62.7 Å². The van der Waals surface area contributed by atoms with Crippen molar-refractivity contribution in [2.75, 3.05) is 18.4 Å². The highest BCUT2D eigenvalue weighted by Gasteiger charge is 2.35. The zero-order chi connectivity index (χ0) is 14.0. The molecule has 0 bridgehead atoms. The summed E-state index contributed by atoms with van der Waals surface area (Å²) >= 11 is 3.39. The Hall–Kier alpha value is -1.14. The maximum absolute atomic E-state index is 12.4. The Morgan fingerprint density at radius 1 is 1.68 bits per heavy atom. The first kappa shape index (κ1) is 14.3. The smallest absolute Gasteiger partial charge is 0.257 e. The fourth-order valence-electron chi connectivity index (χ4n) is 2.27. The lowest BCUT2D eigenvalue weighted by Crippen LogP contribution is -2.55. The van der Waals surface area contributed by atoms with Gasteiger partial charge in [-0.05, 0) is 19.9 Å². The number of carbonyl (C=O) groups is 1. The van der Waals surface area contributed by atoms with Gasteiger partial charge in [0.2, 0.25) is 0 Å². The van der Waals surface area contributed by atoms with Gasteiger partial charge in [-0.25, -0.2) is 0 Å². The fraction of sp³-hybridized carbons (Fsp3) is 0.538. The predicted octanol–water partition coefficient (Wildman–Crippen LogP) is 1.80. The van der Waals surface area contributed by atoms with Crippen LogP contribution >= 0.6 is 15.9 Å². The van der Waals surface area contributed by atoms with Crippen molar-refractivity contribution in [3.05, 3.63) is 24.0 Å². The van der Waals surface area contributed by atoms with Crippen LogP contribution < -0.4 is 0 Å². The summed E-state index contributed by atoms with van der Waals surface area (Å²) in [6.45, 7) is 4.91. The molecule has 2 rings (SSSR count). The number of hydrogen-bond acceptors (Lipinski definition) is 4. The number of pyridine rings is 1. The van der Waals surface area contributed by atoms with Crippen LogP contribution in [-0.2, 0) is 4.74 Å². The Kier molecular flexibility index (Phi) is 4.10. The van der Waals surface area contributed by atoms with E-state index in [0.29, 0.717) is 18.4 Å². The standard InChI is InChI=1S/C13H17BrN2O3/c1-13(2)8-16(7-9(5-14)19-13)12(18)10-3-4-15-6-11(10)17/h3-4,6,9,17H,5,7-8H2,1-2H3. The monoisotopic (exact) mass is 328 g/mol. The molecule has 19 heavy (non-hydrogen) atoms. The molecule has 104 valence electrons. The van der Waals surface area contributed by atoms with Crippen molar-refractivity contribution in [3.8, 4) is 5.75 Å². The summed E-state index contributed by atoms with van der Waals surface area (Å²) in [7, 11) is 0. The first-order chi connectivity index (χ1) is 8.93. The Morgan fingerprint density at radius 2 is 2.42 bits per heavy atom. The molecule has 1 aromatic heterocycles. The lowest BCUT2D eigenvalue weighted by molar-refractivity contribution is -0.116. The van der Waals surface area contributed by atoms with Gasteiger partial charge in [-0.15, -0.1) is 0 Å². The fourth-order valence-corrected chi connectivity index (χ4v) is 2.60. The minimum atomic E-state index is -0.394. The van der Waals surface area contributed by atoms with Gasteiger partial charge >= 0.3 is 0 Å². The predicted molar refractivity (Wildman–Crippen MR) is 74.6 cm³/mol. The second kappa shape index (κ2) is 5.46. The number of carbonyl (C=O) groups excluding carboxylic acids is 1. The maximum atomic E-state index is 12.4. The lowest BCUT2D eigenvalue weighted by atomic mass is 10.0. The van der Waals surface area contributed by atoms with Crippen LogP contribution in [0.25, 0.3) is 0 Å². The van der Waals surface area contributed by atoms with E-state index >= 15 is 0 Å². The molecule has 1 aliphatic heterocycles. The number of aromatic hydroxyl groups is 1. The van der Waals surface area contributed by atoms with E-state index in [1.165, 1.54) is 18.5 Å². The third kappa shape index (κ3) is 3.25. The molecule has 0 spiro atoms. The lowest BCUT2D eigenvalue weighted by Gasteiger charge is -2.42. The summed E-state index contributed by atoms with van der Waals surface area (Å²) in [4.78, 5) is 17.9. The van der Waals surface area contributed by atoms with Crippen LogP contribution in [0.3, 0.4) is 0 Å². The van der Waals surface area contributed by atoms with Gasteiger partial charge in [0.1, 0.15) is 5.75 Å². The van der Waals surface area contributed by atoms with Gasteiger partial charge < -0.3 is 14.7 Å². The Bertz CT molecular complexity index is 479. The summed E-state index contributed by atoms with van der Waals surface area (Å²) in [6, 6.07) is 1.53. The van der Waals surface area contributed by atoms with Crippen LogP contribution in [0.4, 0.5) is 0 Å². The highest BCUT2D eigenvalue weighted by molar-refractivity contribution is 9.09. The van der Waals surface area contributed by atoms with Crippen LogP contribution in [0.15, 0.2) is 18.5 Å². The summed E-state index contributed by atoms with van der Waals surface area (Å²) in [5.41, 5.74) is -0.115. The zero-order valence-corrected chi connectivity index (χ0v) is 12.6. The molecule has 1 aliphatic rings. The average Bonchev–Trinajstić information content (AvgIpc) is 2.36. The van der Waals surface area contributed by atoms with E-state index in [1.807, 2.05) is 13.8 Å². The molecule has 1 amide bonds. The largest absolute Gasteiger partial charge is 0.505 e. The van der Waals surface area contributed by atoms with Gasteiger partial charge in [0.25, 0.3) is 5.91 Å². The molecule has 0 aromatic carbocycles. The van der Waals surface area contributed by atoms with Gasteiger partial charge in [0, 0.05) is 24.6 Å². The Labute approximate surface area is 120 Å². The molecule has 5 nitrogen and oxygen atoms in total. The van der Waals surface area contributed by atoms with Gasteiger partial charge in [0.05, 0.1) is 23.5 Å². The average molecular weight is 329 g/mol. The molecule has 6 heteroatoms. The van der Waals surface area contributed by atoms with E-state index in [0.717, 1.165) is 0 Å². The number of hydrogen-bond donors (Lipinski definition) is 1. The Balaban J connectivity index is 2.21. The van der Waals surface area contributed by atoms with E-state index < -0.39 is 5.60 Å². The van der Waals surface area contributed by atoms with Gasteiger partial charge in [-0.3, -0.25) is 9.78 Å². The quantitative estimate of drug-likeness (QED) is 0.841. The molecule has 1 aromatic rings. The summed E-state index contributed by atoms with van der Waals surface area (Å²) < 4.78 is 5.85. The van der Waals surface area contributed by atoms with Crippen LogP contribution in [0.2, 0.25) is 0 Å². The number of rotatable bonds is 2. The van der Waals surface area contributed by atoms with E-state index in [4.69, 9.17) is 4.74 Å². The number of nitrogens with zero attached hydrogens (tertiary/aromatic N) is 2. The molecule has 1 fully saturated rings. The van der Waals surface area contributed by atoms with Crippen LogP contribution in [-0.4, -0.2) is 51.0 Å². The number of amides is 1. The zero-order valence-electron chi connectivity index (χ0n) is 11.0. The van der Waals surface area contributed by atoms with E-state index in [2.05, 4.69) is 20.9 Å². The summed E-state index contributed by atoms with van der Waals surface area (Å²) in [5, 5.41) is 10.4. The van der Waals surface area contributed by atoms with Crippen molar-refractivity contribution in [2.24, 2.45) is 0 Å². The molecule has 0 saturated carbocycles. The highest BCUT2D eigenvalue weighted by atomic mass is 79.9. The van der Waals surface area contributed by atoms with Gasteiger partial charge in [-0.2, -0.15) is 0 Å². The van der Waals surface area contributed by atoms with Gasteiger partial charge in [0.15, 0.2) is 0 Å². The molecule has 0 radical (unpaired) electrons. The molecule has 1 N–H and O–H groups in total. The number of alkyl halides is 1. The summed E-state index contributed by atoms with van der Waals surface area (Å²) in [5.74, 6) is -0.283. The SMILES string of the molecule is CC1(C)CN(C(=O)c2ccncc2O)CC(CBr)O1. The maximum Gasteiger partial charge on any atom is 0.257 e. The van der Waals surface area contributed by atoms with Crippen LogP contribution in [0, 0.1) is 0 Å². The van der Waals surface area contributed by atoms with Crippen molar-refractivity contribution in [1.29, 1.82) is 0 Å². The van der Waals surface area contributed by atoms with Crippen molar-refractivity contribution < 1.29 is 14.6 Å². The second-order valence-corrected chi connectivity index (χ2v) is 5.88. The molecule has 1 saturated heterocycles. The minimum absolute atomic E-state index is 0.0447. The number of ether oxygens (including phenoxy) is 1. The first-order valence-electron chi connectivity index (χ1n) is 6.09. The third-order valence-electron chi connectivity index (χ3n) is 2.97. The minimum Gasteiger partial charge on any atom is -0.505 e. The molecule has 0 aliphatic carbocycles. The van der Waals surface area contributed by atoms with Crippen LogP contribution in [0.5, 0.6) is 5.75 Å². The van der Waals surface area contributed by atoms with E-state index in [-0.39, 0.29) is 23.3 Å². The molecular formula is C13H17BrN2O3. The third-order valence-corrected chi connectivity index (χ3v) is 3.69. The van der Waals surface area contributed by atoms with E-state index in [1.54, 1.807) is 4.90 Å². The van der Waals surface area contributed by atoms with Crippen molar-refractivity contribution in [2.45, 2.75) is 25.6 Å². The van der Waals surface area contributed by atoms with Crippen molar-refractivity contribution in [1.82, 2.24) is 9.88 Å². The first-order valence-corrected chi connectivity index (χ1v) is 7.21. The number of aromatic nitrogens is 1. The summed E-state index contributed by atoms with van der Waals surface area (Å²) in [6.07, 6.45) is 2.73. The number of morpholine rings is 1. The highest BCUT2D eigenvalue weighted by Crippen LogP contribution is 2.25. The normalized spacial score (nSPS) is 22.3. The van der Waals surface area contributed by atoms with Crippen molar-refractivity contribution >= 4 is 21.8 Å². The van der Waals surface area contributed by atoms with Crippen LogP contribution in [0.1, 0.15) is 24.2 Å². The van der Waals surface area contributed by atoms with E-state index in [9.17, 15) is 9.90 Å². The molecule has 1 atom stereocenters. The second-order valence-electron chi connectivity index (χ2n) is 5.23. The molecule has 1 unspecified atom stereocenters.